The molecule has 3 heterocycles. The van der Waals surface area contributed by atoms with Crippen LogP contribution in [-0.4, -0.2) is 28.9 Å². The molecule has 0 bridgehead atoms. The molecule has 0 unspecified atom stereocenters. The average Bonchev–Trinajstić information content (AvgIpc) is 3.12. The van der Waals surface area contributed by atoms with Gasteiger partial charge in [-0.3, -0.25) is 4.98 Å². The summed E-state index contributed by atoms with van der Waals surface area (Å²) in [6.45, 7) is 0.120. The largest absolute Gasteiger partial charge is 0.465 e. The molecular weight excluding hydrogens is 389 g/mol. The van der Waals surface area contributed by atoms with Crippen LogP contribution >= 0.6 is 22.9 Å². The van der Waals surface area contributed by atoms with Crippen molar-refractivity contribution in [3.8, 4) is 27.4 Å². The monoisotopic (exact) mass is 401 g/mol. The first-order valence-electron chi connectivity index (χ1n) is 7.94. The molecule has 136 valence electrons. The van der Waals surface area contributed by atoms with Gasteiger partial charge >= 0.3 is 0 Å². The first kappa shape index (κ1) is 17.8. The minimum atomic E-state index is -0.513. The standard InChI is InChI=1S/C19H13ClFN3O2S/c1-25-10-26-15-9-22-6-5-12(15)13-4-2-3-11-7-16(27-18(11)13)17-14(21)8-23-19(20)24-17/h2-9H,10H2,1H3. The Morgan fingerprint density at radius 3 is 2.93 bits per heavy atom. The van der Waals surface area contributed by atoms with Gasteiger partial charge in [0.15, 0.2) is 12.6 Å². The third-order valence-electron chi connectivity index (χ3n) is 3.90. The molecule has 0 aliphatic carbocycles. The molecule has 0 atom stereocenters. The van der Waals surface area contributed by atoms with Crippen molar-refractivity contribution in [2.75, 3.05) is 13.9 Å². The van der Waals surface area contributed by atoms with Gasteiger partial charge in [0, 0.05) is 29.1 Å². The molecule has 0 saturated heterocycles. The summed E-state index contributed by atoms with van der Waals surface area (Å²) >= 11 is 7.27. The van der Waals surface area contributed by atoms with E-state index in [0.717, 1.165) is 27.4 Å². The van der Waals surface area contributed by atoms with E-state index in [9.17, 15) is 4.39 Å². The van der Waals surface area contributed by atoms with Crippen LogP contribution in [0.1, 0.15) is 0 Å². The van der Waals surface area contributed by atoms with Crippen molar-refractivity contribution in [1.82, 2.24) is 15.0 Å². The summed E-state index contributed by atoms with van der Waals surface area (Å²) in [6.07, 6.45) is 4.42. The first-order chi connectivity index (χ1) is 13.2. The Hall–Kier alpha value is -2.61. The Kier molecular flexibility index (Phi) is 4.98. The third-order valence-corrected chi connectivity index (χ3v) is 5.27. The lowest BCUT2D eigenvalue weighted by molar-refractivity contribution is 0.0513. The lowest BCUT2D eigenvalue weighted by Crippen LogP contribution is -2.00. The van der Waals surface area contributed by atoms with E-state index in [1.54, 1.807) is 19.5 Å². The van der Waals surface area contributed by atoms with Gasteiger partial charge < -0.3 is 9.47 Å². The second kappa shape index (κ2) is 7.56. The molecule has 0 saturated carbocycles. The Labute approximate surface area is 163 Å². The lowest BCUT2D eigenvalue weighted by Gasteiger charge is -2.10. The third kappa shape index (κ3) is 3.49. The Bertz CT molecular complexity index is 1120. The highest BCUT2D eigenvalue weighted by molar-refractivity contribution is 7.22. The highest BCUT2D eigenvalue weighted by Crippen LogP contribution is 2.41. The summed E-state index contributed by atoms with van der Waals surface area (Å²) in [5.41, 5.74) is 2.02. The van der Waals surface area contributed by atoms with Crippen LogP contribution in [0.2, 0.25) is 5.28 Å². The van der Waals surface area contributed by atoms with Crippen molar-refractivity contribution < 1.29 is 13.9 Å². The van der Waals surface area contributed by atoms with Gasteiger partial charge in [-0.05, 0) is 29.1 Å². The van der Waals surface area contributed by atoms with Crippen LogP contribution in [-0.2, 0) is 4.74 Å². The molecule has 0 aliphatic rings. The van der Waals surface area contributed by atoms with Gasteiger partial charge in [-0.2, -0.15) is 0 Å². The van der Waals surface area contributed by atoms with Crippen molar-refractivity contribution in [1.29, 1.82) is 0 Å². The van der Waals surface area contributed by atoms with E-state index in [4.69, 9.17) is 21.1 Å². The fourth-order valence-corrected chi connectivity index (χ4v) is 4.06. The number of aromatic nitrogens is 3. The number of pyridine rings is 1. The molecule has 3 aromatic heterocycles. The van der Waals surface area contributed by atoms with Crippen molar-refractivity contribution in [3.05, 3.63) is 60.0 Å². The van der Waals surface area contributed by atoms with Gasteiger partial charge in [-0.1, -0.05) is 18.2 Å². The molecule has 0 N–H and O–H groups in total. The smallest absolute Gasteiger partial charge is 0.223 e. The summed E-state index contributed by atoms with van der Waals surface area (Å²) in [6, 6.07) is 9.67. The summed E-state index contributed by atoms with van der Waals surface area (Å²) in [7, 11) is 1.56. The molecule has 0 spiro atoms. The van der Waals surface area contributed by atoms with Gasteiger partial charge in [0.1, 0.15) is 11.4 Å². The van der Waals surface area contributed by atoms with E-state index in [-0.39, 0.29) is 17.8 Å². The Morgan fingerprint density at radius 2 is 2.07 bits per heavy atom. The second-order valence-electron chi connectivity index (χ2n) is 5.59. The topological polar surface area (TPSA) is 57.1 Å². The minimum Gasteiger partial charge on any atom is -0.465 e. The summed E-state index contributed by atoms with van der Waals surface area (Å²) in [4.78, 5) is 12.5. The van der Waals surface area contributed by atoms with Gasteiger partial charge in [0.05, 0.1) is 17.3 Å². The number of halogens is 2. The maximum absolute atomic E-state index is 14.2. The van der Waals surface area contributed by atoms with E-state index < -0.39 is 5.82 Å². The van der Waals surface area contributed by atoms with E-state index in [1.807, 2.05) is 30.3 Å². The van der Waals surface area contributed by atoms with E-state index >= 15 is 0 Å². The fraction of sp³-hybridized carbons (Fsp3) is 0.105. The number of ether oxygens (including phenoxy) is 2. The quantitative estimate of drug-likeness (QED) is 0.340. The van der Waals surface area contributed by atoms with Crippen LogP contribution in [0.15, 0.2) is 48.9 Å². The number of nitrogens with zero attached hydrogens (tertiary/aromatic N) is 3. The number of hydrogen-bond acceptors (Lipinski definition) is 6. The van der Waals surface area contributed by atoms with E-state index in [0.29, 0.717) is 10.6 Å². The predicted octanol–water partition coefficient (Wildman–Crippen LogP) is 5.20. The number of hydrogen-bond donors (Lipinski definition) is 0. The lowest BCUT2D eigenvalue weighted by atomic mass is 10.0. The van der Waals surface area contributed by atoms with Crippen molar-refractivity contribution in [2.45, 2.75) is 0 Å². The molecule has 0 radical (unpaired) electrons. The van der Waals surface area contributed by atoms with Crippen LogP contribution in [0.5, 0.6) is 5.75 Å². The highest BCUT2D eigenvalue weighted by atomic mass is 35.5. The van der Waals surface area contributed by atoms with Gasteiger partial charge in [0.2, 0.25) is 5.28 Å². The normalized spacial score (nSPS) is 11.1. The number of benzene rings is 1. The van der Waals surface area contributed by atoms with Crippen molar-refractivity contribution in [3.63, 3.8) is 0 Å². The maximum atomic E-state index is 14.2. The Morgan fingerprint density at radius 1 is 1.19 bits per heavy atom. The molecule has 0 aliphatic heterocycles. The number of rotatable bonds is 5. The zero-order chi connectivity index (χ0) is 18.8. The summed E-state index contributed by atoms with van der Waals surface area (Å²) in [5.74, 6) is 0.0959. The first-order valence-corrected chi connectivity index (χ1v) is 9.14. The van der Waals surface area contributed by atoms with Crippen LogP contribution < -0.4 is 4.74 Å². The fourth-order valence-electron chi connectivity index (χ4n) is 2.75. The molecule has 8 heteroatoms. The minimum absolute atomic E-state index is 0.00784. The van der Waals surface area contributed by atoms with Gasteiger partial charge in [-0.25, -0.2) is 14.4 Å². The van der Waals surface area contributed by atoms with E-state index in [2.05, 4.69) is 15.0 Å². The maximum Gasteiger partial charge on any atom is 0.223 e. The molecular formula is C19H13ClFN3O2S. The van der Waals surface area contributed by atoms with Gasteiger partial charge in [-0.15, -0.1) is 11.3 Å². The predicted molar refractivity (Wildman–Crippen MR) is 104 cm³/mol. The van der Waals surface area contributed by atoms with Crippen LogP contribution in [0.3, 0.4) is 0 Å². The van der Waals surface area contributed by atoms with Crippen molar-refractivity contribution in [2.24, 2.45) is 0 Å². The molecule has 5 nitrogen and oxygen atoms in total. The average molecular weight is 402 g/mol. The van der Waals surface area contributed by atoms with Crippen molar-refractivity contribution >= 4 is 33.0 Å². The van der Waals surface area contributed by atoms with E-state index in [1.165, 1.54) is 11.3 Å². The van der Waals surface area contributed by atoms with Crippen LogP contribution in [0, 0.1) is 5.82 Å². The SMILES string of the molecule is COCOc1cnccc1-c1cccc2cc(-c3nc(Cl)ncc3F)sc12. The molecule has 27 heavy (non-hydrogen) atoms. The number of methoxy groups -OCH3 is 1. The van der Waals surface area contributed by atoms with Crippen LogP contribution in [0.4, 0.5) is 4.39 Å². The molecule has 0 amide bonds. The highest BCUT2D eigenvalue weighted by Gasteiger charge is 2.16. The summed E-state index contributed by atoms with van der Waals surface area (Å²) in [5, 5.41) is 0.976. The molecule has 1 aromatic carbocycles. The number of thiophene rings is 1. The number of fused-ring (bicyclic) bond motifs is 1. The Balaban J connectivity index is 1.87. The van der Waals surface area contributed by atoms with Gasteiger partial charge in [0.25, 0.3) is 0 Å². The molecule has 4 rings (SSSR count). The zero-order valence-corrected chi connectivity index (χ0v) is 15.7. The summed E-state index contributed by atoms with van der Waals surface area (Å²) < 4.78 is 25.8. The molecule has 4 aromatic rings. The zero-order valence-electron chi connectivity index (χ0n) is 14.1. The van der Waals surface area contributed by atoms with Crippen LogP contribution in [0.25, 0.3) is 31.8 Å². The second-order valence-corrected chi connectivity index (χ2v) is 6.98. The molecule has 0 fully saturated rings.